The highest BCUT2D eigenvalue weighted by Gasteiger charge is 2.15. The summed E-state index contributed by atoms with van der Waals surface area (Å²) < 4.78 is 7.45. The zero-order valence-electron chi connectivity index (χ0n) is 14.2. The fourth-order valence-electron chi connectivity index (χ4n) is 2.74. The normalized spacial score (nSPS) is 14.4. The SMILES string of the molecule is Cn1cc(C(=O)Nc2ccc(N3CCOCC3)cc2)c(=O)n(C)c1=O. The predicted molar refractivity (Wildman–Crippen MR) is 94.4 cm³/mol. The topological polar surface area (TPSA) is 85.6 Å². The highest BCUT2D eigenvalue weighted by molar-refractivity contribution is 6.03. The maximum absolute atomic E-state index is 12.4. The van der Waals surface area contributed by atoms with Crippen molar-refractivity contribution in [1.82, 2.24) is 9.13 Å². The Balaban J connectivity index is 1.77. The monoisotopic (exact) mass is 344 g/mol. The highest BCUT2D eigenvalue weighted by atomic mass is 16.5. The summed E-state index contributed by atoms with van der Waals surface area (Å²) in [7, 11) is 2.84. The Kier molecular flexibility index (Phi) is 4.71. The summed E-state index contributed by atoms with van der Waals surface area (Å²) >= 11 is 0. The first-order valence-electron chi connectivity index (χ1n) is 7.98. The van der Waals surface area contributed by atoms with Crippen LogP contribution in [0.5, 0.6) is 0 Å². The van der Waals surface area contributed by atoms with E-state index in [1.165, 1.54) is 24.9 Å². The van der Waals surface area contributed by atoms with Crippen LogP contribution in [0.15, 0.2) is 40.1 Å². The average Bonchev–Trinajstić information content (AvgIpc) is 2.64. The van der Waals surface area contributed by atoms with Crippen molar-refractivity contribution in [1.29, 1.82) is 0 Å². The highest BCUT2D eigenvalue weighted by Crippen LogP contribution is 2.19. The van der Waals surface area contributed by atoms with Gasteiger partial charge in [-0.1, -0.05) is 0 Å². The van der Waals surface area contributed by atoms with Crippen molar-refractivity contribution >= 4 is 17.3 Å². The van der Waals surface area contributed by atoms with Crippen molar-refractivity contribution in [2.75, 3.05) is 36.5 Å². The molecule has 3 rings (SSSR count). The van der Waals surface area contributed by atoms with E-state index in [4.69, 9.17) is 4.74 Å². The van der Waals surface area contributed by atoms with E-state index in [0.29, 0.717) is 18.9 Å². The second-order valence-electron chi connectivity index (χ2n) is 5.90. The van der Waals surface area contributed by atoms with E-state index in [9.17, 15) is 14.4 Å². The van der Waals surface area contributed by atoms with E-state index in [0.717, 1.165) is 23.3 Å². The quantitative estimate of drug-likeness (QED) is 0.858. The number of anilines is 2. The van der Waals surface area contributed by atoms with Gasteiger partial charge in [0.1, 0.15) is 5.56 Å². The fourth-order valence-corrected chi connectivity index (χ4v) is 2.74. The van der Waals surface area contributed by atoms with Gasteiger partial charge in [0, 0.05) is 44.8 Å². The van der Waals surface area contributed by atoms with Gasteiger partial charge in [0.05, 0.1) is 13.2 Å². The third-order valence-corrected chi connectivity index (χ3v) is 4.19. The largest absolute Gasteiger partial charge is 0.378 e. The Hall–Kier alpha value is -2.87. The molecule has 0 saturated carbocycles. The molecule has 1 aliphatic rings. The van der Waals surface area contributed by atoms with Crippen LogP contribution in [-0.2, 0) is 18.8 Å². The lowest BCUT2D eigenvalue weighted by molar-refractivity contribution is 0.102. The minimum absolute atomic E-state index is 0.0816. The third kappa shape index (κ3) is 3.48. The number of nitrogens with one attached hydrogen (secondary N) is 1. The minimum Gasteiger partial charge on any atom is -0.378 e. The molecule has 2 heterocycles. The molecule has 25 heavy (non-hydrogen) atoms. The number of amides is 1. The molecule has 1 amide bonds. The lowest BCUT2D eigenvalue weighted by atomic mass is 10.2. The summed E-state index contributed by atoms with van der Waals surface area (Å²) in [6.07, 6.45) is 1.25. The molecule has 1 fully saturated rings. The molecule has 132 valence electrons. The Labute approximate surface area is 144 Å². The fraction of sp³-hybridized carbons (Fsp3) is 0.353. The molecule has 8 heteroatoms. The van der Waals surface area contributed by atoms with E-state index in [1.54, 1.807) is 12.1 Å². The molecular weight excluding hydrogens is 324 g/mol. The first kappa shape index (κ1) is 17.0. The van der Waals surface area contributed by atoms with Crippen LogP contribution in [-0.4, -0.2) is 41.3 Å². The number of rotatable bonds is 3. The summed E-state index contributed by atoms with van der Waals surface area (Å²) in [5.74, 6) is -0.546. The maximum atomic E-state index is 12.4. The van der Waals surface area contributed by atoms with E-state index in [2.05, 4.69) is 10.2 Å². The van der Waals surface area contributed by atoms with Gasteiger partial charge in [0.2, 0.25) is 0 Å². The van der Waals surface area contributed by atoms with E-state index in [-0.39, 0.29) is 5.56 Å². The van der Waals surface area contributed by atoms with Gasteiger partial charge in [0.25, 0.3) is 11.5 Å². The van der Waals surface area contributed by atoms with Gasteiger partial charge in [-0.05, 0) is 24.3 Å². The minimum atomic E-state index is -0.620. The molecule has 0 spiro atoms. The number of nitrogens with zero attached hydrogens (tertiary/aromatic N) is 3. The molecule has 0 unspecified atom stereocenters. The summed E-state index contributed by atoms with van der Waals surface area (Å²) in [5, 5.41) is 2.69. The molecule has 1 aliphatic heterocycles. The van der Waals surface area contributed by atoms with E-state index in [1.807, 2.05) is 12.1 Å². The molecule has 2 aromatic rings. The predicted octanol–water partition coefficient (Wildman–Crippen LogP) is 0.173. The summed E-state index contributed by atoms with van der Waals surface area (Å²) in [6, 6.07) is 7.41. The first-order valence-corrected chi connectivity index (χ1v) is 7.98. The molecule has 1 aromatic carbocycles. The molecule has 1 aromatic heterocycles. The number of hydrogen-bond acceptors (Lipinski definition) is 5. The van der Waals surface area contributed by atoms with Gasteiger partial charge in [-0.3, -0.25) is 14.2 Å². The van der Waals surface area contributed by atoms with Crippen LogP contribution in [0, 0.1) is 0 Å². The summed E-state index contributed by atoms with van der Waals surface area (Å²) in [6.45, 7) is 3.07. The van der Waals surface area contributed by atoms with E-state index < -0.39 is 17.2 Å². The zero-order valence-corrected chi connectivity index (χ0v) is 14.2. The first-order chi connectivity index (χ1) is 12.0. The van der Waals surface area contributed by atoms with Crippen molar-refractivity contribution in [3.8, 4) is 0 Å². The van der Waals surface area contributed by atoms with Crippen molar-refractivity contribution in [3.05, 3.63) is 56.9 Å². The molecule has 1 N–H and O–H groups in total. The zero-order chi connectivity index (χ0) is 18.0. The third-order valence-electron chi connectivity index (χ3n) is 4.19. The van der Waals surface area contributed by atoms with Gasteiger partial charge < -0.3 is 19.5 Å². The number of morpholine rings is 1. The number of aromatic nitrogens is 2. The maximum Gasteiger partial charge on any atom is 0.330 e. The van der Waals surface area contributed by atoms with Gasteiger partial charge in [-0.15, -0.1) is 0 Å². The van der Waals surface area contributed by atoms with Gasteiger partial charge >= 0.3 is 5.69 Å². The second kappa shape index (κ2) is 6.94. The lowest BCUT2D eigenvalue weighted by Gasteiger charge is -2.28. The van der Waals surface area contributed by atoms with Crippen molar-refractivity contribution in [2.45, 2.75) is 0 Å². The Morgan fingerprint density at radius 2 is 1.72 bits per heavy atom. The van der Waals surface area contributed by atoms with E-state index >= 15 is 0 Å². The Bertz CT molecular complexity index is 892. The van der Waals surface area contributed by atoms with Gasteiger partial charge in [-0.2, -0.15) is 0 Å². The van der Waals surface area contributed by atoms with Crippen LogP contribution in [0.25, 0.3) is 0 Å². The smallest absolute Gasteiger partial charge is 0.330 e. The second-order valence-corrected chi connectivity index (χ2v) is 5.90. The molecule has 0 radical (unpaired) electrons. The number of hydrogen-bond donors (Lipinski definition) is 1. The van der Waals surface area contributed by atoms with Crippen LogP contribution in [0.4, 0.5) is 11.4 Å². The molecule has 0 atom stereocenters. The number of carbonyl (C=O) groups excluding carboxylic acids is 1. The molecule has 0 bridgehead atoms. The van der Waals surface area contributed by atoms with Crippen molar-refractivity contribution < 1.29 is 9.53 Å². The Morgan fingerprint density at radius 3 is 2.36 bits per heavy atom. The Morgan fingerprint density at radius 1 is 1.08 bits per heavy atom. The molecule has 0 aliphatic carbocycles. The van der Waals surface area contributed by atoms with Crippen LogP contribution in [0.1, 0.15) is 10.4 Å². The number of carbonyl (C=O) groups is 1. The summed E-state index contributed by atoms with van der Waals surface area (Å²) in [4.78, 5) is 38.4. The molecule has 1 saturated heterocycles. The molecular formula is C17H20N4O4. The average molecular weight is 344 g/mol. The van der Waals surface area contributed by atoms with Gasteiger partial charge in [-0.25, -0.2) is 4.79 Å². The molecule has 8 nitrogen and oxygen atoms in total. The van der Waals surface area contributed by atoms with Crippen LogP contribution >= 0.6 is 0 Å². The lowest BCUT2D eigenvalue weighted by Crippen LogP contribution is -2.40. The standard InChI is InChI=1S/C17H20N4O4/c1-19-11-14(16(23)20(2)17(19)24)15(22)18-12-3-5-13(6-4-12)21-7-9-25-10-8-21/h3-6,11H,7-10H2,1-2H3,(H,18,22). The van der Waals surface area contributed by atoms with Crippen LogP contribution in [0.2, 0.25) is 0 Å². The number of aryl methyl sites for hydroxylation is 1. The van der Waals surface area contributed by atoms with Gasteiger partial charge in [0.15, 0.2) is 0 Å². The number of ether oxygens (including phenoxy) is 1. The summed E-state index contributed by atoms with van der Waals surface area (Å²) in [5.41, 5.74) is 0.459. The number of benzene rings is 1. The van der Waals surface area contributed by atoms with Crippen molar-refractivity contribution in [3.63, 3.8) is 0 Å². The van der Waals surface area contributed by atoms with Crippen molar-refractivity contribution in [2.24, 2.45) is 14.1 Å². The van der Waals surface area contributed by atoms with Crippen LogP contribution in [0.3, 0.4) is 0 Å². The van der Waals surface area contributed by atoms with Crippen LogP contribution < -0.4 is 21.5 Å².